The Balaban J connectivity index is 2.16. The van der Waals surface area contributed by atoms with Gasteiger partial charge in [-0.25, -0.2) is 0 Å². The second kappa shape index (κ2) is 4.33. The first-order chi connectivity index (χ1) is 7.20. The van der Waals surface area contributed by atoms with Crippen LogP contribution in [0.4, 0.5) is 0 Å². The third kappa shape index (κ3) is 2.58. The van der Waals surface area contributed by atoms with Crippen molar-refractivity contribution in [2.45, 2.75) is 38.8 Å². The normalized spacial score (nSPS) is 17.8. The maximum atomic E-state index is 5.83. The predicted octanol–water partition coefficient (Wildman–Crippen LogP) is 2.06. The number of aryl methyl sites for hydroxylation is 2. The van der Waals surface area contributed by atoms with Gasteiger partial charge >= 0.3 is 0 Å². The monoisotopic (exact) mass is 204 g/mol. The van der Waals surface area contributed by atoms with Gasteiger partial charge in [0.25, 0.3) is 0 Å². The molecule has 0 radical (unpaired) electrons. The van der Waals surface area contributed by atoms with Crippen molar-refractivity contribution >= 4 is 0 Å². The third-order valence-electron chi connectivity index (χ3n) is 3.05. The molecule has 1 saturated carbocycles. The van der Waals surface area contributed by atoms with E-state index in [1.807, 2.05) is 0 Å². The molecular formula is C13H20N2. The van der Waals surface area contributed by atoms with Gasteiger partial charge in [-0.05, 0) is 37.8 Å². The van der Waals surface area contributed by atoms with Gasteiger partial charge in [0.2, 0.25) is 0 Å². The summed E-state index contributed by atoms with van der Waals surface area (Å²) in [5.41, 5.74) is 9.85. The number of nitrogens with two attached hydrogens (primary N) is 1. The van der Waals surface area contributed by atoms with Crippen molar-refractivity contribution in [2.24, 2.45) is 5.73 Å². The molecule has 0 spiro atoms. The summed E-state index contributed by atoms with van der Waals surface area (Å²) in [6.45, 7) is 4.97. The van der Waals surface area contributed by atoms with Crippen molar-refractivity contribution in [3.05, 3.63) is 34.9 Å². The Morgan fingerprint density at radius 2 is 2.13 bits per heavy atom. The molecule has 0 heterocycles. The highest BCUT2D eigenvalue weighted by molar-refractivity contribution is 5.33. The van der Waals surface area contributed by atoms with Gasteiger partial charge in [0.1, 0.15) is 0 Å². The number of benzene rings is 1. The molecule has 3 N–H and O–H groups in total. The van der Waals surface area contributed by atoms with Gasteiger partial charge in [0.05, 0.1) is 0 Å². The zero-order chi connectivity index (χ0) is 10.8. The summed E-state index contributed by atoms with van der Waals surface area (Å²) in [7, 11) is 0. The van der Waals surface area contributed by atoms with E-state index in [1.54, 1.807) is 0 Å². The molecule has 0 saturated heterocycles. The van der Waals surface area contributed by atoms with Crippen molar-refractivity contribution in [1.82, 2.24) is 5.32 Å². The third-order valence-corrected chi connectivity index (χ3v) is 3.05. The maximum absolute atomic E-state index is 5.83. The number of hydrogen-bond acceptors (Lipinski definition) is 2. The zero-order valence-electron chi connectivity index (χ0n) is 9.59. The predicted molar refractivity (Wildman–Crippen MR) is 63.9 cm³/mol. The molecule has 1 aromatic carbocycles. The van der Waals surface area contributed by atoms with E-state index in [0.29, 0.717) is 18.6 Å². The Morgan fingerprint density at radius 1 is 1.40 bits per heavy atom. The molecule has 1 aliphatic carbocycles. The molecule has 2 rings (SSSR count). The minimum absolute atomic E-state index is 0.332. The van der Waals surface area contributed by atoms with Gasteiger partial charge in [-0.3, -0.25) is 0 Å². The van der Waals surface area contributed by atoms with Crippen LogP contribution in [0.15, 0.2) is 18.2 Å². The Labute approximate surface area is 91.9 Å². The first kappa shape index (κ1) is 10.7. The summed E-state index contributed by atoms with van der Waals surface area (Å²) in [5, 5.41) is 3.59. The van der Waals surface area contributed by atoms with Crippen LogP contribution in [-0.2, 0) is 0 Å². The number of nitrogens with one attached hydrogen (secondary N) is 1. The van der Waals surface area contributed by atoms with Crippen molar-refractivity contribution in [3.63, 3.8) is 0 Å². The van der Waals surface area contributed by atoms with Gasteiger partial charge in [0.15, 0.2) is 0 Å². The van der Waals surface area contributed by atoms with Crippen LogP contribution in [0.25, 0.3) is 0 Å². The van der Waals surface area contributed by atoms with E-state index >= 15 is 0 Å². The standard InChI is InChI=1S/C13H20N2/c1-9-3-6-12(10(2)7-9)13(8-14)15-11-4-5-11/h3,6-7,11,13,15H,4-5,8,14H2,1-2H3. The van der Waals surface area contributed by atoms with E-state index in [2.05, 4.69) is 37.4 Å². The Hall–Kier alpha value is -0.860. The SMILES string of the molecule is Cc1ccc(C(CN)NC2CC2)c(C)c1. The van der Waals surface area contributed by atoms with E-state index in [9.17, 15) is 0 Å². The van der Waals surface area contributed by atoms with Gasteiger partial charge in [0, 0.05) is 18.6 Å². The molecule has 0 amide bonds. The van der Waals surface area contributed by atoms with Crippen LogP contribution in [0.1, 0.15) is 35.6 Å². The van der Waals surface area contributed by atoms with Crippen molar-refractivity contribution in [3.8, 4) is 0 Å². The molecule has 2 heteroatoms. The van der Waals surface area contributed by atoms with Crippen LogP contribution < -0.4 is 11.1 Å². The van der Waals surface area contributed by atoms with E-state index < -0.39 is 0 Å². The highest BCUT2D eigenvalue weighted by atomic mass is 15.0. The minimum Gasteiger partial charge on any atom is -0.329 e. The summed E-state index contributed by atoms with van der Waals surface area (Å²) in [6.07, 6.45) is 2.61. The zero-order valence-corrected chi connectivity index (χ0v) is 9.59. The molecule has 1 atom stereocenters. The van der Waals surface area contributed by atoms with Crippen LogP contribution >= 0.6 is 0 Å². The smallest absolute Gasteiger partial charge is 0.0449 e. The summed E-state index contributed by atoms with van der Waals surface area (Å²) >= 11 is 0. The van der Waals surface area contributed by atoms with Crippen LogP contribution in [0, 0.1) is 13.8 Å². The van der Waals surface area contributed by atoms with Gasteiger partial charge in [-0.2, -0.15) is 0 Å². The average Bonchev–Trinajstić information content (AvgIpc) is 2.99. The fourth-order valence-electron chi connectivity index (χ4n) is 2.04. The number of hydrogen-bond donors (Lipinski definition) is 2. The van der Waals surface area contributed by atoms with Crippen molar-refractivity contribution in [1.29, 1.82) is 0 Å². The fourth-order valence-corrected chi connectivity index (χ4v) is 2.04. The Morgan fingerprint density at radius 3 is 2.67 bits per heavy atom. The quantitative estimate of drug-likeness (QED) is 0.788. The Kier molecular flexibility index (Phi) is 3.08. The first-order valence-electron chi connectivity index (χ1n) is 5.74. The van der Waals surface area contributed by atoms with E-state index in [0.717, 1.165) is 0 Å². The molecule has 2 nitrogen and oxygen atoms in total. The lowest BCUT2D eigenvalue weighted by molar-refractivity contribution is 0.536. The lowest BCUT2D eigenvalue weighted by Gasteiger charge is -2.19. The van der Waals surface area contributed by atoms with Crippen LogP contribution in [0.3, 0.4) is 0 Å². The topological polar surface area (TPSA) is 38.0 Å². The molecule has 82 valence electrons. The first-order valence-corrected chi connectivity index (χ1v) is 5.74. The molecule has 0 aliphatic heterocycles. The fraction of sp³-hybridized carbons (Fsp3) is 0.538. The van der Waals surface area contributed by atoms with Crippen LogP contribution in [0.2, 0.25) is 0 Å². The molecule has 0 bridgehead atoms. The lowest BCUT2D eigenvalue weighted by atomic mass is 9.99. The molecule has 1 unspecified atom stereocenters. The van der Waals surface area contributed by atoms with Crippen LogP contribution in [-0.4, -0.2) is 12.6 Å². The second-order valence-corrected chi connectivity index (χ2v) is 4.59. The largest absolute Gasteiger partial charge is 0.329 e. The summed E-state index contributed by atoms with van der Waals surface area (Å²) < 4.78 is 0. The van der Waals surface area contributed by atoms with Gasteiger partial charge < -0.3 is 11.1 Å². The van der Waals surface area contributed by atoms with Crippen molar-refractivity contribution < 1.29 is 0 Å². The average molecular weight is 204 g/mol. The molecular weight excluding hydrogens is 184 g/mol. The van der Waals surface area contributed by atoms with Crippen LogP contribution in [0.5, 0.6) is 0 Å². The maximum Gasteiger partial charge on any atom is 0.0449 e. The van der Waals surface area contributed by atoms with E-state index in [-0.39, 0.29) is 0 Å². The minimum atomic E-state index is 0.332. The van der Waals surface area contributed by atoms with E-state index in [4.69, 9.17) is 5.73 Å². The van der Waals surface area contributed by atoms with Gasteiger partial charge in [-0.1, -0.05) is 23.8 Å². The summed E-state index contributed by atoms with van der Waals surface area (Å²) in [4.78, 5) is 0. The Bertz CT molecular complexity index is 342. The summed E-state index contributed by atoms with van der Waals surface area (Å²) in [6, 6.07) is 7.64. The molecule has 1 aliphatic rings. The molecule has 0 aromatic heterocycles. The van der Waals surface area contributed by atoms with Crippen molar-refractivity contribution in [2.75, 3.05) is 6.54 Å². The molecule has 1 aromatic rings. The molecule has 1 fully saturated rings. The lowest BCUT2D eigenvalue weighted by Crippen LogP contribution is -2.30. The summed E-state index contributed by atoms with van der Waals surface area (Å²) in [5.74, 6) is 0. The van der Waals surface area contributed by atoms with Gasteiger partial charge in [-0.15, -0.1) is 0 Å². The second-order valence-electron chi connectivity index (χ2n) is 4.59. The highest BCUT2D eigenvalue weighted by Gasteiger charge is 2.25. The van der Waals surface area contributed by atoms with E-state index in [1.165, 1.54) is 29.5 Å². The molecule has 15 heavy (non-hydrogen) atoms. The number of rotatable bonds is 4. The highest BCUT2D eigenvalue weighted by Crippen LogP contribution is 2.25.